The minimum absolute atomic E-state index is 0.213. The van der Waals surface area contributed by atoms with Crippen LogP contribution in [0.2, 0.25) is 5.02 Å². The second-order valence-electron chi connectivity index (χ2n) is 9.82. The van der Waals surface area contributed by atoms with E-state index in [1.165, 1.54) is 13.8 Å². The van der Waals surface area contributed by atoms with E-state index in [9.17, 15) is 14.7 Å². The molecule has 0 aliphatic carbocycles. The van der Waals surface area contributed by atoms with Gasteiger partial charge in [-0.2, -0.15) is 0 Å². The van der Waals surface area contributed by atoms with Crippen LogP contribution < -0.4 is 14.8 Å². The maximum Gasteiger partial charge on any atom is 0.347 e. The first-order valence-electron chi connectivity index (χ1n) is 12.9. The summed E-state index contributed by atoms with van der Waals surface area (Å²) in [5, 5.41) is 12.8. The van der Waals surface area contributed by atoms with Crippen molar-refractivity contribution in [2.45, 2.75) is 59.5 Å². The Kier molecular flexibility index (Phi) is 9.81. The number of carbonyl (C=O) groups is 2. The Hall–Kier alpha value is -3.51. The van der Waals surface area contributed by atoms with Gasteiger partial charge in [-0.25, -0.2) is 4.79 Å². The molecular formula is C31H36ClNO5. The molecule has 0 aliphatic rings. The van der Waals surface area contributed by atoms with Gasteiger partial charge in [0.15, 0.2) is 5.60 Å². The zero-order chi connectivity index (χ0) is 27.9. The number of ether oxygens (including phenoxy) is 2. The molecule has 202 valence electrons. The van der Waals surface area contributed by atoms with Crippen molar-refractivity contribution in [2.75, 3.05) is 13.2 Å². The first-order chi connectivity index (χ1) is 18.0. The Morgan fingerprint density at radius 3 is 2.32 bits per heavy atom. The topological polar surface area (TPSA) is 84.9 Å². The van der Waals surface area contributed by atoms with Gasteiger partial charge in [-0.15, -0.1) is 0 Å². The third-order valence-corrected chi connectivity index (χ3v) is 6.76. The number of nitrogens with one attached hydrogen (secondary N) is 1. The summed E-state index contributed by atoms with van der Waals surface area (Å²) in [6.07, 6.45) is 2.60. The summed E-state index contributed by atoms with van der Waals surface area (Å²) in [6.45, 7) is 10.1. The molecule has 0 saturated heterocycles. The molecule has 7 heteroatoms. The Morgan fingerprint density at radius 2 is 1.66 bits per heavy atom. The number of aliphatic carboxylic acids is 1. The molecule has 2 N–H and O–H groups in total. The molecule has 0 heterocycles. The molecule has 38 heavy (non-hydrogen) atoms. The number of carboxylic acids is 1. The lowest BCUT2D eigenvalue weighted by Crippen LogP contribution is -2.38. The third-order valence-electron chi connectivity index (χ3n) is 6.52. The molecule has 0 unspecified atom stereocenters. The van der Waals surface area contributed by atoms with Crippen molar-refractivity contribution in [1.82, 2.24) is 5.32 Å². The van der Waals surface area contributed by atoms with Gasteiger partial charge in [-0.3, -0.25) is 4.79 Å². The quantitative estimate of drug-likeness (QED) is 0.242. The first-order valence-corrected chi connectivity index (χ1v) is 13.2. The Labute approximate surface area is 229 Å². The summed E-state index contributed by atoms with van der Waals surface area (Å²) >= 11 is 6.12. The van der Waals surface area contributed by atoms with Crippen molar-refractivity contribution in [3.8, 4) is 22.6 Å². The lowest BCUT2D eigenvalue weighted by Gasteiger charge is -2.24. The number of benzene rings is 3. The van der Waals surface area contributed by atoms with Crippen LogP contribution in [0, 0.1) is 13.8 Å². The number of hydrogen-bond acceptors (Lipinski definition) is 4. The van der Waals surface area contributed by atoms with E-state index in [1.54, 1.807) is 18.2 Å². The zero-order valence-electron chi connectivity index (χ0n) is 22.7. The van der Waals surface area contributed by atoms with Crippen LogP contribution in [0.5, 0.6) is 11.5 Å². The number of hydrogen-bond donors (Lipinski definition) is 2. The molecule has 0 spiro atoms. The van der Waals surface area contributed by atoms with E-state index in [0.717, 1.165) is 40.7 Å². The zero-order valence-corrected chi connectivity index (χ0v) is 23.4. The van der Waals surface area contributed by atoms with E-state index < -0.39 is 11.6 Å². The van der Waals surface area contributed by atoms with Gasteiger partial charge in [0.1, 0.15) is 11.5 Å². The average Bonchev–Trinajstić information content (AvgIpc) is 2.88. The smallest absolute Gasteiger partial charge is 0.347 e. The highest BCUT2D eigenvalue weighted by atomic mass is 35.5. The lowest BCUT2D eigenvalue weighted by atomic mass is 9.95. The van der Waals surface area contributed by atoms with Crippen molar-refractivity contribution in [3.63, 3.8) is 0 Å². The molecule has 0 aliphatic heterocycles. The monoisotopic (exact) mass is 537 g/mol. The fraction of sp³-hybridized carbons (Fsp3) is 0.355. The molecular weight excluding hydrogens is 502 g/mol. The number of carboxylic acid groups (broad SMARTS) is 1. The molecule has 3 rings (SSSR count). The SMILES string of the molecule is CCCCOc1ccc(Cl)cc1C(=O)NCCc1ccc(-c2ccc(OC(C)(C)C(=O)O)c(C)c2C)cc1. The number of rotatable bonds is 12. The Morgan fingerprint density at radius 1 is 0.974 bits per heavy atom. The molecule has 0 aromatic heterocycles. The van der Waals surface area contributed by atoms with Gasteiger partial charge in [0, 0.05) is 11.6 Å². The van der Waals surface area contributed by atoms with Gasteiger partial charge < -0.3 is 19.9 Å². The predicted molar refractivity (Wildman–Crippen MR) is 152 cm³/mol. The van der Waals surface area contributed by atoms with Gasteiger partial charge >= 0.3 is 5.97 Å². The Bertz CT molecular complexity index is 1280. The average molecular weight is 538 g/mol. The summed E-state index contributed by atoms with van der Waals surface area (Å²) in [6, 6.07) is 17.1. The molecule has 3 aromatic rings. The van der Waals surface area contributed by atoms with Crippen LogP contribution in [0.25, 0.3) is 11.1 Å². The second-order valence-corrected chi connectivity index (χ2v) is 10.3. The number of amides is 1. The lowest BCUT2D eigenvalue weighted by molar-refractivity contribution is -0.152. The third kappa shape index (κ3) is 7.29. The normalized spacial score (nSPS) is 11.2. The van der Waals surface area contributed by atoms with Gasteiger partial charge in [0.2, 0.25) is 0 Å². The second kappa shape index (κ2) is 12.8. The van der Waals surface area contributed by atoms with Gasteiger partial charge in [-0.05, 0) is 92.6 Å². The summed E-state index contributed by atoms with van der Waals surface area (Å²) in [5.41, 5.74) is 4.26. The summed E-state index contributed by atoms with van der Waals surface area (Å²) in [7, 11) is 0. The molecule has 6 nitrogen and oxygen atoms in total. The van der Waals surface area contributed by atoms with Crippen molar-refractivity contribution < 1.29 is 24.2 Å². The molecule has 0 radical (unpaired) electrons. The van der Waals surface area contributed by atoms with E-state index >= 15 is 0 Å². The maximum atomic E-state index is 12.8. The van der Waals surface area contributed by atoms with Crippen LogP contribution in [0.15, 0.2) is 54.6 Å². The molecule has 0 atom stereocenters. The molecule has 1 amide bonds. The minimum atomic E-state index is -1.31. The van der Waals surface area contributed by atoms with Crippen LogP contribution in [0.3, 0.4) is 0 Å². The van der Waals surface area contributed by atoms with Crippen LogP contribution in [-0.2, 0) is 11.2 Å². The predicted octanol–water partition coefficient (Wildman–Crippen LogP) is 7.02. The molecule has 0 saturated carbocycles. The van der Waals surface area contributed by atoms with Crippen LogP contribution in [0.4, 0.5) is 0 Å². The van der Waals surface area contributed by atoms with Gasteiger partial charge in [-0.1, -0.05) is 55.3 Å². The largest absolute Gasteiger partial charge is 0.493 e. The van der Waals surface area contributed by atoms with E-state index in [-0.39, 0.29) is 5.91 Å². The van der Waals surface area contributed by atoms with Crippen LogP contribution in [0.1, 0.15) is 60.7 Å². The molecule has 0 fully saturated rings. The number of halogens is 1. The highest BCUT2D eigenvalue weighted by Gasteiger charge is 2.30. The standard InChI is InChI=1S/C31H36ClNO5/c1-6-7-18-37-28-14-12-24(32)19-26(28)29(34)33-17-16-22-8-10-23(11-9-22)25-13-15-27(21(3)20(25)2)38-31(4,5)30(35)36/h8-15,19H,6-7,16-18H2,1-5H3,(H,33,34)(H,35,36). The van der Waals surface area contributed by atoms with Crippen LogP contribution in [-0.4, -0.2) is 35.7 Å². The van der Waals surface area contributed by atoms with E-state index in [2.05, 4.69) is 24.4 Å². The first kappa shape index (κ1) is 29.1. The van der Waals surface area contributed by atoms with Crippen molar-refractivity contribution in [3.05, 3.63) is 81.9 Å². The maximum absolute atomic E-state index is 12.8. The van der Waals surface area contributed by atoms with E-state index in [4.69, 9.17) is 21.1 Å². The van der Waals surface area contributed by atoms with Crippen LogP contribution >= 0.6 is 11.6 Å². The molecule has 0 bridgehead atoms. The highest BCUT2D eigenvalue weighted by Crippen LogP contribution is 2.33. The van der Waals surface area contributed by atoms with Crippen molar-refractivity contribution in [2.24, 2.45) is 0 Å². The summed E-state index contributed by atoms with van der Waals surface area (Å²) < 4.78 is 11.5. The van der Waals surface area contributed by atoms with Gasteiger partial charge in [0.25, 0.3) is 5.91 Å². The number of carbonyl (C=O) groups excluding carboxylic acids is 1. The fourth-order valence-corrected chi connectivity index (χ4v) is 4.11. The summed E-state index contributed by atoms with van der Waals surface area (Å²) in [5.74, 6) is -0.128. The fourth-order valence-electron chi connectivity index (χ4n) is 3.94. The minimum Gasteiger partial charge on any atom is -0.493 e. The van der Waals surface area contributed by atoms with Crippen molar-refractivity contribution >= 4 is 23.5 Å². The van der Waals surface area contributed by atoms with Gasteiger partial charge in [0.05, 0.1) is 12.2 Å². The van der Waals surface area contributed by atoms with Crippen molar-refractivity contribution in [1.29, 1.82) is 0 Å². The Balaban J connectivity index is 1.63. The molecule has 3 aromatic carbocycles. The summed E-state index contributed by atoms with van der Waals surface area (Å²) in [4.78, 5) is 24.3. The van der Waals surface area contributed by atoms with E-state index in [1.807, 2.05) is 38.1 Å². The van der Waals surface area contributed by atoms with E-state index in [0.29, 0.717) is 41.7 Å². The highest BCUT2D eigenvalue weighted by molar-refractivity contribution is 6.31. The number of unbranched alkanes of at least 4 members (excludes halogenated alkanes) is 1.